The van der Waals surface area contributed by atoms with Gasteiger partial charge in [0.1, 0.15) is 36.3 Å². The first-order valence-corrected chi connectivity index (χ1v) is 26.9. The molecule has 0 aliphatic carbocycles. The molecular weight excluding hydrogens is 931 g/mol. The first kappa shape index (κ1) is 70.1. The van der Waals surface area contributed by atoms with Crippen molar-refractivity contribution in [2.75, 3.05) is 65.9 Å². The summed E-state index contributed by atoms with van der Waals surface area (Å²) < 4.78 is 21.5. The first-order valence-electron chi connectivity index (χ1n) is 26.9. The van der Waals surface area contributed by atoms with Gasteiger partial charge in [0.2, 0.25) is 11.8 Å². The van der Waals surface area contributed by atoms with Gasteiger partial charge in [-0.25, -0.2) is 0 Å². The molecule has 72 heavy (non-hydrogen) atoms. The van der Waals surface area contributed by atoms with E-state index >= 15 is 0 Å². The zero-order valence-corrected chi connectivity index (χ0v) is 45.1. The number of ether oxygens (including phenoxy) is 4. The predicted molar refractivity (Wildman–Crippen MR) is 281 cm³/mol. The number of hydrogen-bond donors (Lipinski definition) is 5. The van der Waals surface area contributed by atoms with Gasteiger partial charge in [0.05, 0.1) is 44.5 Å². The third-order valence-corrected chi connectivity index (χ3v) is 11.7. The highest BCUT2D eigenvalue weighted by Crippen LogP contribution is 2.19. The number of Topliss-reactive ketones (excluding diaryl/α,β-unsaturated/α-hetero) is 5. The van der Waals surface area contributed by atoms with Gasteiger partial charge in [-0.1, -0.05) is 96.8 Å². The molecule has 0 radical (unpaired) electrons. The van der Waals surface area contributed by atoms with Gasteiger partial charge in [-0.2, -0.15) is 0 Å². The van der Waals surface area contributed by atoms with E-state index in [2.05, 4.69) is 10.6 Å². The fourth-order valence-corrected chi connectivity index (χ4v) is 7.25. The van der Waals surface area contributed by atoms with Crippen molar-refractivity contribution in [3.05, 3.63) is 0 Å². The van der Waals surface area contributed by atoms with Crippen LogP contribution < -0.4 is 16.4 Å². The third kappa shape index (κ3) is 52.4. The highest BCUT2D eigenvalue weighted by Gasteiger charge is 2.24. The van der Waals surface area contributed by atoms with Gasteiger partial charge in [0.25, 0.3) is 0 Å². The Morgan fingerprint density at radius 1 is 0.486 bits per heavy atom. The van der Waals surface area contributed by atoms with Crippen LogP contribution in [-0.4, -0.2) is 134 Å². The summed E-state index contributed by atoms with van der Waals surface area (Å²) in [5.41, 5.74) is 5.04. The molecule has 18 nitrogen and oxygen atoms in total. The van der Waals surface area contributed by atoms with Crippen molar-refractivity contribution < 1.29 is 75.2 Å². The van der Waals surface area contributed by atoms with Crippen molar-refractivity contribution in [2.24, 2.45) is 17.6 Å². The van der Waals surface area contributed by atoms with Crippen LogP contribution in [0.1, 0.15) is 211 Å². The number of aliphatic carboxylic acids is 2. The van der Waals surface area contributed by atoms with Crippen molar-refractivity contribution in [2.45, 2.75) is 214 Å². The number of rotatable bonds is 51. The van der Waals surface area contributed by atoms with E-state index in [1.165, 1.54) is 58.8 Å². The second kappa shape index (κ2) is 48.0. The molecule has 18 heteroatoms. The second-order valence-electron chi connectivity index (χ2n) is 19.7. The van der Waals surface area contributed by atoms with Crippen LogP contribution in [0.2, 0.25) is 0 Å². The molecule has 0 fully saturated rings. The number of ketones is 5. The summed E-state index contributed by atoms with van der Waals surface area (Å²) in [5, 5.41) is 23.8. The number of carbonyl (C=O) groups excluding carboxylic acids is 7. The lowest BCUT2D eigenvalue weighted by atomic mass is 9.90. The molecule has 2 atom stereocenters. The Kier molecular flexibility index (Phi) is 46.7. The van der Waals surface area contributed by atoms with E-state index in [4.69, 9.17) is 29.8 Å². The SMILES string of the molecule is CC(=O)CCC(C)=O.C[C@H](CCCCNC(=O)COCCOCCNC(=O)COCCOCCCC(=O)CC[C@H](CC(=O)CCCCCCCCCCCCCCCCC(=O)O)C(=O)O)CC(=O)C(C)(C)N.[HH].[HH]. The molecule has 0 aromatic rings. The molecule has 0 saturated heterocycles. The summed E-state index contributed by atoms with van der Waals surface area (Å²) in [7, 11) is 0. The fourth-order valence-electron chi connectivity index (χ4n) is 7.25. The molecule has 2 amide bonds. The molecule has 0 aromatic heterocycles. The number of nitrogens with one attached hydrogen (secondary N) is 2. The average molecular weight is 1030 g/mol. The Morgan fingerprint density at radius 2 is 0.931 bits per heavy atom. The number of carboxylic acids is 2. The molecule has 0 saturated carbocycles. The molecule has 0 aromatic carbocycles. The number of carboxylic acid groups (broad SMARTS) is 2. The Labute approximate surface area is 434 Å². The van der Waals surface area contributed by atoms with Gasteiger partial charge in [-0.15, -0.1) is 0 Å². The van der Waals surface area contributed by atoms with Crippen LogP contribution in [0.25, 0.3) is 0 Å². The summed E-state index contributed by atoms with van der Waals surface area (Å²) >= 11 is 0. The molecule has 0 spiro atoms. The van der Waals surface area contributed by atoms with Gasteiger partial charge >= 0.3 is 11.9 Å². The van der Waals surface area contributed by atoms with Crippen LogP contribution in [0, 0.1) is 11.8 Å². The standard InChI is InChI=1S/C48H87N3O13.C6H10O2.2H2/c1-39(35-43(54)48(2,3)49)21-18-19-27-50-44(55)37-64-34-32-62-30-28-51-45(56)38-63-33-31-61-29-20-23-41(52)26-25-40(47(59)60)36-42(53)22-16-14-12-10-8-6-4-5-7-9-11-13-15-17-24-46(57)58;1-5(7)3-4-6(2)8;;/h39-40H,4-38,49H2,1-3H3,(H,50,55)(H,51,56)(H,57,58)(H,59,60);3-4H2,1-2H3;2*1H/t39-,40-;;;/m1.../s1. The van der Waals surface area contributed by atoms with E-state index in [9.17, 15) is 48.3 Å². The highest BCUT2D eigenvalue weighted by molar-refractivity contribution is 5.87. The minimum Gasteiger partial charge on any atom is -0.481 e. The Hall–Kier alpha value is -3.97. The molecule has 0 heterocycles. The maximum absolute atomic E-state index is 12.5. The quantitative estimate of drug-likeness (QED) is 0.0358. The average Bonchev–Trinajstić information content (AvgIpc) is 3.30. The minimum atomic E-state index is -1.04. The highest BCUT2D eigenvalue weighted by atomic mass is 16.5. The van der Waals surface area contributed by atoms with Crippen LogP contribution in [0.3, 0.4) is 0 Å². The molecule has 6 N–H and O–H groups in total. The normalized spacial score (nSPS) is 12.0. The van der Waals surface area contributed by atoms with Crippen LogP contribution in [-0.2, 0) is 62.1 Å². The number of hydrogen-bond acceptors (Lipinski definition) is 14. The maximum Gasteiger partial charge on any atom is 0.306 e. The summed E-state index contributed by atoms with van der Waals surface area (Å²) in [4.78, 5) is 103. The predicted octanol–water partition coefficient (Wildman–Crippen LogP) is 8.34. The van der Waals surface area contributed by atoms with Crippen molar-refractivity contribution in [1.29, 1.82) is 0 Å². The largest absolute Gasteiger partial charge is 0.481 e. The number of nitrogens with two attached hydrogens (primary N) is 1. The van der Waals surface area contributed by atoms with Crippen LogP contribution >= 0.6 is 0 Å². The third-order valence-electron chi connectivity index (χ3n) is 11.7. The lowest BCUT2D eigenvalue weighted by Gasteiger charge is -2.19. The molecule has 0 bridgehead atoms. The van der Waals surface area contributed by atoms with Crippen LogP contribution in [0.4, 0.5) is 0 Å². The van der Waals surface area contributed by atoms with Crippen molar-refractivity contribution in [3.63, 3.8) is 0 Å². The van der Waals surface area contributed by atoms with Gasteiger partial charge in [-0.05, 0) is 65.7 Å². The Morgan fingerprint density at radius 3 is 1.40 bits per heavy atom. The van der Waals surface area contributed by atoms with Crippen molar-refractivity contribution in [1.82, 2.24) is 10.6 Å². The lowest BCUT2D eigenvalue weighted by molar-refractivity contribution is -0.144. The van der Waals surface area contributed by atoms with Crippen molar-refractivity contribution >= 4 is 52.7 Å². The number of unbranched alkanes of at least 4 members (excludes halogenated alkanes) is 14. The fraction of sp³-hybridized carbons (Fsp3) is 0.833. The van der Waals surface area contributed by atoms with Gasteiger partial charge < -0.3 is 55.1 Å². The van der Waals surface area contributed by atoms with E-state index in [1.54, 1.807) is 13.8 Å². The number of carbonyl (C=O) groups is 9. The Bertz CT molecular complexity index is 1500. The molecule has 0 unspecified atom stereocenters. The first-order chi connectivity index (χ1) is 34.2. The zero-order valence-electron chi connectivity index (χ0n) is 45.1. The second-order valence-corrected chi connectivity index (χ2v) is 19.7. The summed E-state index contributed by atoms with van der Waals surface area (Å²) in [6, 6.07) is 0. The molecule has 0 rings (SSSR count). The molecular formula is C54H101N3O15. The topological polar surface area (TPSA) is 281 Å². The lowest BCUT2D eigenvalue weighted by Crippen LogP contribution is -2.42. The number of amides is 2. The van der Waals surface area contributed by atoms with E-state index in [-0.39, 0.29) is 128 Å². The van der Waals surface area contributed by atoms with Gasteiger partial charge in [0, 0.05) is 73.9 Å². The monoisotopic (exact) mass is 1030 g/mol. The zero-order chi connectivity index (χ0) is 54.3. The van der Waals surface area contributed by atoms with E-state index in [1.807, 2.05) is 6.92 Å². The minimum absolute atomic E-state index is 0. The molecule has 0 aliphatic heterocycles. The summed E-state index contributed by atoms with van der Waals surface area (Å²) in [6.07, 6.45) is 20.8. The van der Waals surface area contributed by atoms with E-state index in [0.717, 1.165) is 64.2 Å². The summed E-state index contributed by atoms with van der Waals surface area (Å²) in [5.74, 6) is -2.76. The molecule has 422 valence electrons. The van der Waals surface area contributed by atoms with Crippen molar-refractivity contribution in [3.8, 4) is 0 Å². The van der Waals surface area contributed by atoms with Crippen LogP contribution in [0.15, 0.2) is 0 Å². The maximum atomic E-state index is 12.5. The van der Waals surface area contributed by atoms with Crippen LogP contribution in [0.5, 0.6) is 0 Å². The Balaban J connectivity index is -0.00000224. The van der Waals surface area contributed by atoms with Gasteiger partial charge in [-0.3, -0.25) is 33.6 Å². The van der Waals surface area contributed by atoms with E-state index in [0.29, 0.717) is 51.8 Å². The van der Waals surface area contributed by atoms with Gasteiger partial charge in [0.15, 0.2) is 5.78 Å². The molecule has 0 aliphatic rings. The summed E-state index contributed by atoms with van der Waals surface area (Å²) in [6.45, 7) is 10.7. The van der Waals surface area contributed by atoms with E-state index < -0.39 is 23.4 Å². The smallest absolute Gasteiger partial charge is 0.306 e.